The van der Waals surface area contributed by atoms with Crippen molar-refractivity contribution in [3.05, 3.63) is 69.2 Å². The average molecular weight is 294 g/mol. The molecule has 0 amide bonds. The van der Waals surface area contributed by atoms with E-state index in [1.165, 1.54) is 18.2 Å². The van der Waals surface area contributed by atoms with Crippen LogP contribution in [0.5, 0.6) is 5.75 Å². The standard InChI is InChI=1S/C14H12ClNO4/c15-11-4-2-6-13(8-11)20-9-14(17)10-3-1-5-12(7-10)16(18)19/h1-8,14,17H,9H2. The zero-order valence-electron chi connectivity index (χ0n) is 10.4. The Morgan fingerprint density at radius 1 is 1.25 bits per heavy atom. The normalized spacial score (nSPS) is 11.9. The summed E-state index contributed by atoms with van der Waals surface area (Å²) in [5.41, 5.74) is 0.366. The van der Waals surface area contributed by atoms with Crippen LogP contribution in [0, 0.1) is 10.1 Å². The van der Waals surface area contributed by atoms with Crippen LogP contribution in [-0.4, -0.2) is 16.6 Å². The Labute approximate surface area is 120 Å². The molecule has 0 aromatic heterocycles. The average Bonchev–Trinajstić information content (AvgIpc) is 2.45. The van der Waals surface area contributed by atoms with E-state index in [4.69, 9.17) is 16.3 Å². The molecule has 2 aromatic carbocycles. The molecular weight excluding hydrogens is 282 g/mol. The summed E-state index contributed by atoms with van der Waals surface area (Å²) in [7, 11) is 0. The van der Waals surface area contributed by atoms with Crippen LogP contribution in [0.3, 0.4) is 0 Å². The fourth-order valence-electron chi connectivity index (χ4n) is 1.67. The van der Waals surface area contributed by atoms with Gasteiger partial charge in [-0.3, -0.25) is 10.1 Å². The van der Waals surface area contributed by atoms with E-state index in [2.05, 4.69) is 0 Å². The van der Waals surface area contributed by atoms with E-state index in [0.29, 0.717) is 16.3 Å². The number of aliphatic hydroxyl groups is 1. The molecule has 2 rings (SSSR count). The molecule has 0 aliphatic heterocycles. The molecule has 1 N–H and O–H groups in total. The number of rotatable bonds is 5. The molecule has 2 aromatic rings. The lowest BCUT2D eigenvalue weighted by atomic mass is 10.1. The quantitative estimate of drug-likeness (QED) is 0.677. The number of nitro benzene ring substituents is 1. The van der Waals surface area contributed by atoms with Gasteiger partial charge in [0.05, 0.1) is 4.92 Å². The predicted octanol–water partition coefficient (Wildman–Crippen LogP) is 3.36. The van der Waals surface area contributed by atoms with Crippen molar-refractivity contribution in [1.82, 2.24) is 0 Å². The Kier molecular flexibility index (Phi) is 4.55. The van der Waals surface area contributed by atoms with Crippen LogP contribution in [0.4, 0.5) is 5.69 Å². The molecule has 0 fully saturated rings. The molecule has 0 heterocycles. The second-order valence-electron chi connectivity index (χ2n) is 4.14. The van der Waals surface area contributed by atoms with Gasteiger partial charge in [-0.2, -0.15) is 0 Å². The number of ether oxygens (including phenoxy) is 1. The van der Waals surface area contributed by atoms with Gasteiger partial charge in [0.25, 0.3) is 5.69 Å². The number of hydrogen-bond donors (Lipinski definition) is 1. The molecular formula is C14H12ClNO4. The molecule has 5 nitrogen and oxygen atoms in total. The van der Waals surface area contributed by atoms with Gasteiger partial charge in [0.15, 0.2) is 0 Å². The van der Waals surface area contributed by atoms with Crippen LogP contribution in [-0.2, 0) is 0 Å². The largest absolute Gasteiger partial charge is 0.490 e. The summed E-state index contributed by atoms with van der Waals surface area (Å²) in [4.78, 5) is 10.2. The first kappa shape index (κ1) is 14.3. The van der Waals surface area contributed by atoms with Gasteiger partial charge in [0, 0.05) is 17.2 Å². The van der Waals surface area contributed by atoms with Crippen LogP contribution in [0.25, 0.3) is 0 Å². The third kappa shape index (κ3) is 3.69. The van der Waals surface area contributed by atoms with E-state index in [1.807, 2.05) is 0 Å². The number of benzene rings is 2. The summed E-state index contributed by atoms with van der Waals surface area (Å²) in [5.74, 6) is 0.530. The molecule has 20 heavy (non-hydrogen) atoms. The highest BCUT2D eigenvalue weighted by Gasteiger charge is 2.13. The summed E-state index contributed by atoms with van der Waals surface area (Å²) in [6, 6.07) is 12.6. The fraction of sp³-hybridized carbons (Fsp3) is 0.143. The van der Waals surface area contributed by atoms with Gasteiger partial charge in [-0.25, -0.2) is 0 Å². The zero-order valence-corrected chi connectivity index (χ0v) is 11.2. The maximum atomic E-state index is 10.7. The molecule has 0 bridgehead atoms. The van der Waals surface area contributed by atoms with E-state index >= 15 is 0 Å². The van der Waals surface area contributed by atoms with Gasteiger partial charge in [-0.05, 0) is 23.8 Å². The maximum Gasteiger partial charge on any atom is 0.269 e. The van der Waals surface area contributed by atoms with Crippen molar-refractivity contribution in [1.29, 1.82) is 0 Å². The highest BCUT2D eigenvalue weighted by atomic mass is 35.5. The molecule has 0 saturated heterocycles. The second-order valence-corrected chi connectivity index (χ2v) is 4.57. The van der Waals surface area contributed by atoms with Crippen molar-refractivity contribution in [2.24, 2.45) is 0 Å². The van der Waals surface area contributed by atoms with Crippen molar-refractivity contribution in [3.8, 4) is 5.75 Å². The van der Waals surface area contributed by atoms with Crippen molar-refractivity contribution in [2.75, 3.05) is 6.61 Å². The Morgan fingerprint density at radius 2 is 2.00 bits per heavy atom. The van der Waals surface area contributed by atoms with Crippen molar-refractivity contribution < 1.29 is 14.8 Å². The van der Waals surface area contributed by atoms with Gasteiger partial charge in [-0.1, -0.05) is 29.8 Å². The van der Waals surface area contributed by atoms with E-state index < -0.39 is 11.0 Å². The van der Waals surface area contributed by atoms with Crippen LogP contribution in [0.15, 0.2) is 48.5 Å². The third-order valence-electron chi connectivity index (χ3n) is 2.67. The minimum Gasteiger partial charge on any atom is -0.490 e. The molecule has 0 aliphatic rings. The summed E-state index contributed by atoms with van der Waals surface area (Å²) in [5, 5.41) is 21.2. The lowest BCUT2D eigenvalue weighted by Gasteiger charge is -2.12. The lowest BCUT2D eigenvalue weighted by molar-refractivity contribution is -0.385. The van der Waals surface area contributed by atoms with Gasteiger partial charge in [0.2, 0.25) is 0 Å². The molecule has 0 saturated carbocycles. The SMILES string of the molecule is O=[N+]([O-])c1cccc(C(O)COc2cccc(Cl)c2)c1. The lowest BCUT2D eigenvalue weighted by Crippen LogP contribution is -2.09. The van der Waals surface area contributed by atoms with Gasteiger partial charge < -0.3 is 9.84 Å². The first-order valence-corrected chi connectivity index (χ1v) is 6.25. The van der Waals surface area contributed by atoms with Gasteiger partial charge in [-0.15, -0.1) is 0 Å². The summed E-state index contributed by atoms with van der Waals surface area (Å²) in [6.45, 7) is -0.0124. The minimum absolute atomic E-state index is 0.0124. The topological polar surface area (TPSA) is 72.6 Å². The van der Waals surface area contributed by atoms with Crippen LogP contribution in [0.2, 0.25) is 5.02 Å². The monoisotopic (exact) mass is 293 g/mol. The molecule has 1 atom stereocenters. The van der Waals surface area contributed by atoms with Crippen LogP contribution in [0.1, 0.15) is 11.7 Å². The number of nitrogens with zero attached hydrogens (tertiary/aromatic N) is 1. The van der Waals surface area contributed by atoms with E-state index in [1.54, 1.807) is 30.3 Å². The number of hydrogen-bond acceptors (Lipinski definition) is 4. The Morgan fingerprint density at radius 3 is 2.70 bits per heavy atom. The van der Waals surface area contributed by atoms with Crippen LogP contribution >= 0.6 is 11.6 Å². The Hall–Kier alpha value is -2.11. The predicted molar refractivity (Wildman–Crippen MR) is 75.0 cm³/mol. The van der Waals surface area contributed by atoms with E-state index in [0.717, 1.165) is 0 Å². The van der Waals surface area contributed by atoms with Gasteiger partial charge in [0.1, 0.15) is 18.5 Å². The zero-order chi connectivity index (χ0) is 14.5. The number of aliphatic hydroxyl groups excluding tert-OH is 1. The molecule has 0 spiro atoms. The van der Waals surface area contributed by atoms with Crippen molar-refractivity contribution in [3.63, 3.8) is 0 Å². The number of halogens is 1. The molecule has 6 heteroatoms. The summed E-state index contributed by atoms with van der Waals surface area (Å²) < 4.78 is 5.40. The first-order chi connectivity index (χ1) is 9.56. The third-order valence-corrected chi connectivity index (χ3v) is 2.90. The minimum atomic E-state index is -0.950. The highest BCUT2D eigenvalue weighted by molar-refractivity contribution is 6.30. The van der Waals surface area contributed by atoms with E-state index in [9.17, 15) is 15.2 Å². The highest BCUT2D eigenvalue weighted by Crippen LogP contribution is 2.22. The first-order valence-electron chi connectivity index (χ1n) is 5.87. The molecule has 1 unspecified atom stereocenters. The molecule has 0 radical (unpaired) electrons. The Balaban J connectivity index is 2.03. The molecule has 104 valence electrons. The van der Waals surface area contributed by atoms with Crippen LogP contribution < -0.4 is 4.74 Å². The fourth-order valence-corrected chi connectivity index (χ4v) is 1.85. The Bertz CT molecular complexity index is 618. The number of non-ortho nitro benzene ring substituents is 1. The van der Waals surface area contributed by atoms with Gasteiger partial charge >= 0.3 is 0 Å². The smallest absolute Gasteiger partial charge is 0.269 e. The second kappa shape index (κ2) is 6.36. The summed E-state index contributed by atoms with van der Waals surface area (Å²) >= 11 is 5.82. The van der Waals surface area contributed by atoms with E-state index in [-0.39, 0.29) is 12.3 Å². The van der Waals surface area contributed by atoms with Crippen molar-refractivity contribution >= 4 is 17.3 Å². The van der Waals surface area contributed by atoms with Crippen molar-refractivity contribution in [2.45, 2.75) is 6.10 Å². The number of nitro groups is 1. The molecule has 0 aliphatic carbocycles. The maximum absolute atomic E-state index is 10.7. The summed E-state index contributed by atoms with van der Waals surface area (Å²) in [6.07, 6.45) is -0.950.